The second-order valence-electron chi connectivity index (χ2n) is 5.74. The highest BCUT2D eigenvalue weighted by molar-refractivity contribution is 5.89. The van der Waals surface area contributed by atoms with Gasteiger partial charge in [-0.1, -0.05) is 24.3 Å². The minimum Gasteiger partial charge on any atom is -0.478 e. The minimum absolute atomic E-state index is 0.245. The number of aromatic carboxylic acids is 1. The van der Waals surface area contributed by atoms with Crippen molar-refractivity contribution in [3.8, 4) is 11.3 Å². The molecule has 5 nitrogen and oxygen atoms in total. The van der Waals surface area contributed by atoms with E-state index in [4.69, 9.17) is 9.52 Å². The molecule has 25 heavy (non-hydrogen) atoms. The van der Waals surface area contributed by atoms with Gasteiger partial charge in [0.1, 0.15) is 11.5 Å². The van der Waals surface area contributed by atoms with E-state index < -0.39 is 5.97 Å². The molecule has 0 saturated carbocycles. The van der Waals surface area contributed by atoms with Crippen molar-refractivity contribution in [1.82, 2.24) is 5.32 Å². The van der Waals surface area contributed by atoms with Gasteiger partial charge in [-0.15, -0.1) is 0 Å². The van der Waals surface area contributed by atoms with Crippen molar-refractivity contribution in [3.63, 3.8) is 0 Å². The zero-order valence-corrected chi connectivity index (χ0v) is 14.0. The first-order valence-corrected chi connectivity index (χ1v) is 8.05. The van der Waals surface area contributed by atoms with Crippen LogP contribution in [0.2, 0.25) is 0 Å². The molecule has 0 atom stereocenters. The molecule has 0 bridgehead atoms. The van der Waals surface area contributed by atoms with Crippen LogP contribution in [-0.4, -0.2) is 18.1 Å². The lowest BCUT2D eigenvalue weighted by Gasteiger charge is -2.07. The third-order valence-electron chi connectivity index (χ3n) is 3.83. The molecule has 3 aromatic rings. The summed E-state index contributed by atoms with van der Waals surface area (Å²) in [6.07, 6.45) is 0. The van der Waals surface area contributed by atoms with Gasteiger partial charge >= 0.3 is 5.97 Å². The number of furan rings is 1. The Morgan fingerprint density at radius 2 is 1.88 bits per heavy atom. The molecule has 3 N–H and O–H groups in total. The van der Waals surface area contributed by atoms with E-state index in [9.17, 15) is 4.79 Å². The lowest BCUT2D eigenvalue weighted by molar-refractivity contribution is 0.0697. The Hall–Kier alpha value is -3.05. The van der Waals surface area contributed by atoms with Gasteiger partial charge < -0.3 is 20.2 Å². The number of nitrogens with one attached hydrogen (secondary N) is 2. The molecule has 0 radical (unpaired) electrons. The largest absolute Gasteiger partial charge is 0.478 e. The molecule has 0 aliphatic carbocycles. The van der Waals surface area contributed by atoms with Crippen molar-refractivity contribution in [2.75, 3.05) is 12.4 Å². The summed E-state index contributed by atoms with van der Waals surface area (Å²) < 4.78 is 5.84. The summed E-state index contributed by atoms with van der Waals surface area (Å²) in [6.45, 7) is 1.38. The van der Waals surface area contributed by atoms with Crippen LogP contribution in [0.15, 0.2) is 65.1 Å². The minimum atomic E-state index is -0.947. The van der Waals surface area contributed by atoms with Gasteiger partial charge in [-0.2, -0.15) is 0 Å². The van der Waals surface area contributed by atoms with Crippen LogP contribution in [0.4, 0.5) is 5.69 Å². The molecule has 0 aliphatic rings. The number of benzene rings is 2. The van der Waals surface area contributed by atoms with E-state index in [0.717, 1.165) is 23.6 Å². The number of hydrogen-bond acceptors (Lipinski definition) is 4. The quantitative estimate of drug-likeness (QED) is 0.608. The molecule has 0 aliphatic heterocycles. The highest BCUT2D eigenvalue weighted by Gasteiger charge is 2.08. The SMILES string of the molecule is CNCc1cccc(NCc2ccc(-c3cccc(C(=O)O)c3)o2)c1. The average molecular weight is 336 g/mol. The molecular formula is C20H20N2O3. The number of anilines is 1. The van der Waals surface area contributed by atoms with Crippen LogP contribution in [0.1, 0.15) is 21.7 Å². The first-order valence-electron chi connectivity index (χ1n) is 8.05. The third-order valence-corrected chi connectivity index (χ3v) is 3.83. The van der Waals surface area contributed by atoms with Gasteiger partial charge in [-0.3, -0.25) is 0 Å². The number of carboxylic acid groups (broad SMARTS) is 1. The summed E-state index contributed by atoms with van der Waals surface area (Å²) in [5, 5.41) is 15.6. The number of carboxylic acids is 1. The predicted molar refractivity (Wildman–Crippen MR) is 97.6 cm³/mol. The lowest BCUT2D eigenvalue weighted by atomic mass is 10.1. The molecule has 0 amide bonds. The normalized spacial score (nSPS) is 10.6. The van der Waals surface area contributed by atoms with Crippen molar-refractivity contribution in [2.24, 2.45) is 0 Å². The second-order valence-corrected chi connectivity index (χ2v) is 5.74. The van der Waals surface area contributed by atoms with Crippen molar-refractivity contribution in [2.45, 2.75) is 13.1 Å². The Bertz CT molecular complexity index is 871. The summed E-state index contributed by atoms with van der Waals surface area (Å²) in [5.41, 5.74) is 3.23. The fourth-order valence-electron chi connectivity index (χ4n) is 2.62. The number of carbonyl (C=O) groups is 1. The monoisotopic (exact) mass is 336 g/mol. The summed E-state index contributed by atoms with van der Waals surface area (Å²) in [7, 11) is 1.92. The number of hydrogen-bond donors (Lipinski definition) is 3. The Morgan fingerprint density at radius 3 is 2.68 bits per heavy atom. The fraction of sp³-hybridized carbons (Fsp3) is 0.150. The summed E-state index contributed by atoms with van der Waals surface area (Å²) >= 11 is 0. The molecule has 1 heterocycles. The van der Waals surface area contributed by atoms with E-state index in [-0.39, 0.29) is 5.56 Å². The highest BCUT2D eigenvalue weighted by Crippen LogP contribution is 2.24. The van der Waals surface area contributed by atoms with E-state index in [0.29, 0.717) is 12.3 Å². The van der Waals surface area contributed by atoms with Crippen LogP contribution in [0.25, 0.3) is 11.3 Å². The molecule has 0 unspecified atom stereocenters. The molecule has 3 rings (SSSR count). The average Bonchev–Trinajstić information content (AvgIpc) is 3.10. The van der Waals surface area contributed by atoms with E-state index in [1.807, 2.05) is 37.4 Å². The molecule has 1 aromatic heterocycles. The van der Waals surface area contributed by atoms with E-state index >= 15 is 0 Å². The van der Waals surface area contributed by atoms with Crippen molar-refractivity contribution >= 4 is 11.7 Å². The molecule has 0 fully saturated rings. The van der Waals surface area contributed by atoms with Crippen LogP contribution < -0.4 is 10.6 Å². The van der Waals surface area contributed by atoms with E-state index in [1.165, 1.54) is 5.56 Å². The highest BCUT2D eigenvalue weighted by atomic mass is 16.4. The van der Waals surface area contributed by atoms with Crippen LogP contribution >= 0.6 is 0 Å². The first kappa shape index (κ1) is 16.8. The van der Waals surface area contributed by atoms with Crippen molar-refractivity contribution in [3.05, 3.63) is 77.6 Å². The maximum absolute atomic E-state index is 11.1. The van der Waals surface area contributed by atoms with Crippen molar-refractivity contribution < 1.29 is 14.3 Å². The zero-order chi connectivity index (χ0) is 17.6. The molecule has 2 aromatic carbocycles. The third kappa shape index (κ3) is 4.28. The van der Waals surface area contributed by atoms with Crippen LogP contribution in [0, 0.1) is 0 Å². The zero-order valence-electron chi connectivity index (χ0n) is 14.0. The van der Waals surface area contributed by atoms with Crippen LogP contribution in [0.5, 0.6) is 0 Å². The van der Waals surface area contributed by atoms with Crippen molar-refractivity contribution in [1.29, 1.82) is 0 Å². The molecule has 128 valence electrons. The van der Waals surface area contributed by atoms with Gasteiger partial charge in [0, 0.05) is 17.8 Å². The summed E-state index contributed by atoms with van der Waals surface area (Å²) in [6, 6.07) is 18.7. The molecule has 0 saturated heterocycles. The van der Waals surface area contributed by atoms with Crippen LogP contribution in [0.3, 0.4) is 0 Å². The fourth-order valence-corrected chi connectivity index (χ4v) is 2.62. The second kappa shape index (κ2) is 7.68. The first-order chi connectivity index (χ1) is 12.2. The Morgan fingerprint density at radius 1 is 1.04 bits per heavy atom. The maximum atomic E-state index is 11.1. The summed E-state index contributed by atoms with van der Waals surface area (Å²) in [5.74, 6) is 0.496. The van der Waals surface area contributed by atoms with E-state index in [1.54, 1.807) is 18.2 Å². The van der Waals surface area contributed by atoms with Gasteiger partial charge in [0.15, 0.2) is 0 Å². The van der Waals surface area contributed by atoms with Gasteiger partial charge in [-0.05, 0) is 49.0 Å². The topological polar surface area (TPSA) is 74.5 Å². The van der Waals surface area contributed by atoms with E-state index in [2.05, 4.69) is 22.8 Å². The summed E-state index contributed by atoms with van der Waals surface area (Å²) in [4.78, 5) is 11.1. The smallest absolute Gasteiger partial charge is 0.335 e. The lowest BCUT2D eigenvalue weighted by Crippen LogP contribution is -2.05. The van der Waals surface area contributed by atoms with Gasteiger partial charge in [-0.25, -0.2) is 4.79 Å². The molecular weight excluding hydrogens is 316 g/mol. The van der Waals surface area contributed by atoms with Crippen LogP contribution in [-0.2, 0) is 13.1 Å². The standard InChI is InChI=1S/C20H20N2O3/c1-21-12-14-4-2-7-17(10-14)22-13-18-8-9-19(25-18)15-5-3-6-16(11-15)20(23)24/h2-11,21-22H,12-13H2,1H3,(H,23,24). The predicted octanol–water partition coefficient (Wildman–Crippen LogP) is 3.98. The number of rotatable bonds is 7. The maximum Gasteiger partial charge on any atom is 0.335 e. The van der Waals surface area contributed by atoms with Gasteiger partial charge in [0.2, 0.25) is 0 Å². The Balaban J connectivity index is 1.69. The molecule has 0 spiro atoms. The van der Waals surface area contributed by atoms with Gasteiger partial charge in [0.05, 0.1) is 12.1 Å². The Kier molecular flexibility index (Phi) is 5.16. The Labute approximate surface area is 146 Å². The molecule has 5 heteroatoms. The van der Waals surface area contributed by atoms with Gasteiger partial charge in [0.25, 0.3) is 0 Å².